The van der Waals surface area contributed by atoms with Crippen molar-refractivity contribution in [2.24, 2.45) is 5.73 Å². The first-order chi connectivity index (χ1) is 9.13. The monoisotopic (exact) mass is 283 g/mol. The molecule has 106 valence electrons. The van der Waals surface area contributed by atoms with Crippen LogP contribution in [-0.2, 0) is 4.79 Å². The van der Waals surface area contributed by atoms with Crippen LogP contribution in [0.2, 0.25) is 0 Å². The molecule has 2 rings (SSSR count). The van der Waals surface area contributed by atoms with Crippen molar-refractivity contribution in [3.8, 4) is 0 Å². The van der Waals surface area contributed by atoms with E-state index < -0.39 is 12.0 Å². The van der Waals surface area contributed by atoms with Crippen LogP contribution in [0.15, 0.2) is 5.38 Å². The van der Waals surface area contributed by atoms with Crippen molar-refractivity contribution >= 4 is 22.4 Å². The standard InChI is InChI=1S/C13H21N3O2S/c1-2-9-6-4-3-5-7-16(9)13-15-10(8-19-13)11(14)12(17)18/h8-9,11H,2-7,14H2,1H3,(H,17,18). The maximum atomic E-state index is 10.9. The zero-order valence-corrected chi connectivity index (χ0v) is 12.0. The van der Waals surface area contributed by atoms with Gasteiger partial charge in [-0.05, 0) is 19.3 Å². The van der Waals surface area contributed by atoms with E-state index >= 15 is 0 Å². The number of hydrogen-bond donors (Lipinski definition) is 2. The van der Waals surface area contributed by atoms with Crippen molar-refractivity contribution in [2.45, 2.75) is 51.1 Å². The van der Waals surface area contributed by atoms with Crippen LogP contribution < -0.4 is 10.6 Å². The van der Waals surface area contributed by atoms with Crippen molar-refractivity contribution in [1.29, 1.82) is 0 Å². The van der Waals surface area contributed by atoms with Crippen LogP contribution >= 0.6 is 11.3 Å². The largest absolute Gasteiger partial charge is 0.480 e. The van der Waals surface area contributed by atoms with Gasteiger partial charge in [0.1, 0.15) is 6.04 Å². The molecule has 2 heterocycles. The number of carboxylic acid groups (broad SMARTS) is 1. The molecule has 0 bridgehead atoms. The molecule has 0 saturated carbocycles. The first-order valence-electron chi connectivity index (χ1n) is 6.84. The normalized spacial score (nSPS) is 22.0. The molecule has 1 aromatic heterocycles. The van der Waals surface area contributed by atoms with Crippen LogP contribution in [0, 0.1) is 0 Å². The minimum absolute atomic E-state index is 0.464. The second-order valence-corrected chi connectivity index (χ2v) is 5.81. The lowest BCUT2D eigenvalue weighted by Gasteiger charge is -2.28. The Bertz CT molecular complexity index is 435. The molecule has 0 aromatic carbocycles. The van der Waals surface area contributed by atoms with E-state index in [1.54, 1.807) is 5.38 Å². The predicted molar refractivity (Wildman–Crippen MR) is 76.6 cm³/mol. The molecule has 1 aliphatic heterocycles. The van der Waals surface area contributed by atoms with E-state index in [1.807, 2.05) is 0 Å². The second kappa shape index (κ2) is 6.34. The van der Waals surface area contributed by atoms with Crippen molar-refractivity contribution in [1.82, 2.24) is 4.98 Å². The van der Waals surface area contributed by atoms with Crippen LogP contribution in [0.4, 0.5) is 5.13 Å². The Hall–Kier alpha value is -1.14. The summed E-state index contributed by atoms with van der Waals surface area (Å²) in [5.74, 6) is -1.03. The van der Waals surface area contributed by atoms with Gasteiger partial charge in [0.25, 0.3) is 0 Å². The van der Waals surface area contributed by atoms with Crippen LogP contribution in [0.25, 0.3) is 0 Å². The first-order valence-corrected chi connectivity index (χ1v) is 7.72. The summed E-state index contributed by atoms with van der Waals surface area (Å²) >= 11 is 1.50. The van der Waals surface area contributed by atoms with Gasteiger partial charge in [-0.3, -0.25) is 4.79 Å². The van der Waals surface area contributed by atoms with Gasteiger partial charge in [0.05, 0.1) is 5.69 Å². The van der Waals surface area contributed by atoms with Gasteiger partial charge in [-0.1, -0.05) is 19.8 Å². The SMILES string of the molecule is CCC1CCCCCN1c1nc(C(N)C(=O)O)cs1. The summed E-state index contributed by atoms with van der Waals surface area (Å²) < 4.78 is 0. The maximum Gasteiger partial charge on any atom is 0.326 e. The van der Waals surface area contributed by atoms with Gasteiger partial charge in [0.15, 0.2) is 5.13 Å². The number of hydrogen-bond acceptors (Lipinski definition) is 5. The quantitative estimate of drug-likeness (QED) is 0.887. The highest BCUT2D eigenvalue weighted by Crippen LogP contribution is 2.29. The van der Waals surface area contributed by atoms with E-state index in [-0.39, 0.29) is 0 Å². The maximum absolute atomic E-state index is 10.9. The molecule has 0 spiro atoms. The molecule has 1 aromatic rings. The van der Waals surface area contributed by atoms with Gasteiger partial charge in [-0.2, -0.15) is 0 Å². The fraction of sp³-hybridized carbons (Fsp3) is 0.692. The van der Waals surface area contributed by atoms with E-state index in [4.69, 9.17) is 10.8 Å². The number of carboxylic acids is 1. The minimum Gasteiger partial charge on any atom is -0.480 e. The molecule has 1 saturated heterocycles. The lowest BCUT2D eigenvalue weighted by Crippen LogP contribution is -2.34. The summed E-state index contributed by atoms with van der Waals surface area (Å²) in [6.07, 6.45) is 5.99. The zero-order valence-electron chi connectivity index (χ0n) is 11.2. The van der Waals surface area contributed by atoms with Crippen molar-refractivity contribution in [3.05, 3.63) is 11.1 Å². The van der Waals surface area contributed by atoms with E-state index in [0.29, 0.717) is 11.7 Å². The highest BCUT2D eigenvalue weighted by molar-refractivity contribution is 7.13. The highest BCUT2D eigenvalue weighted by atomic mass is 32.1. The smallest absolute Gasteiger partial charge is 0.326 e. The number of aromatic nitrogens is 1. The van der Waals surface area contributed by atoms with Crippen LogP contribution in [-0.4, -0.2) is 28.6 Å². The van der Waals surface area contributed by atoms with Crippen molar-refractivity contribution in [2.75, 3.05) is 11.4 Å². The Morgan fingerprint density at radius 3 is 3.11 bits per heavy atom. The molecule has 1 fully saturated rings. The molecule has 0 radical (unpaired) electrons. The molecule has 6 heteroatoms. The second-order valence-electron chi connectivity index (χ2n) is 4.98. The third-order valence-electron chi connectivity index (χ3n) is 3.69. The van der Waals surface area contributed by atoms with E-state index in [1.165, 1.54) is 37.0 Å². The number of nitrogens with zero attached hydrogens (tertiary/aromatic N) is 2. The van der Waals surface area contributed by atoms with Crippen molar-refractivity contribution in [3.63, 3.8) is 0 Å². The van der Waals surface area contributed by atoms with Crippen molar-refractivity contribution < 1.29 is 9.90 Å². The van der Waals surface area contributed by atoms with Gasteiger partial charge in [0, 0.05) is 18.0 Å². The van der Waals surface area contributed by atoms with E-state index in [9.17, 15) is 4.79 Å². The fourth-order valence-corrected chi connectivity index (χ4v) is 3.49. The average molecular weight is 283 g/mol. The summed E-state index contributed by atoms with van der Waals surface area (Å²) in [5.41, 5.74) is 6.07. The van der Waals surface area contributed by atoms with Crippen LogP contribution in [0.5, 0.6) is 0 Å². The Morgan fingerprint density at radius 2 is 2.42 bits per heavy atom. The van der Waals surface area contributed by atoms with Gasteiger partial charge < -0.3 is 15.7 Å². The average Bonchev–Trinajstić information content (AvgIpc) is 2.76. The summed E-state index contributed by atoms with van der Waals surface area (Å²) in [6, 6.07) is -0.500. The molecular weight excluding hydrogens is 262 g/mol. The Labute approximate surface area is 117 Å². The molecule has 2 unspecified atom stereocenters. The molecule has 19 heavy (non-hydrogen) atoms. The Kier molecular flexibility index (Phi) is 4.76. The summed E-state index contributed by atoms with van der Waals surface area (Å²) in [7, 11) is 0. The first kappa shape index (κ1) is 14.3. The van der Waals surface area contributed by atoms with Gasteiger partial charge in [-0.15, -0.1) is 11.3 Å². The van der Waals surface area contributed by atoms with E-state index in [0.717, 1.165) is 18.1 Å². The molecule has 5 nitrogen and oxygen atoms in total. The molecule has 0 aliphatic carbocycles. The van der Waals surface area contributed by atoms with Crippen LogP contribution in [0.1, 0.15) is 50.8 Å². The van der Waals surface area contributed by atoms with Gasteiger partial charge >= 0.3 is 5.97 Å². The third kappa shape index (κ3) is 3.25. The lowest BCUT2D eigenvalue weighted by atomic mass is 10.1. The molecule has 3 N–H and O–H groups in total. The Balaban J connectivity index is 2.17. The number of carbonyl (C=O) groups is 1. The lowest BCUT2D eigenvalue weighted by molar-refractivity contribution is -0.138. The number of rotatable bonds is 4. The predicted octanol–water partition coefficient (Wildman–Crippen LogP) is 2.39. The highest BCUT2D eigenvalue weighted by Gasteiger charge is 2.24. The fourth-order valence-electron chi connectivity index (χ4n) is 2.53. The molecule has 1 aliphatic rings. The molecule has 2 atom stereocenters. The number of aliphatic carboxylic acids is 1. The summed E-state index contributed by atoms with van der Waals surface area (Å²) in [5, 5.41) is 11.6. The molecular formula is C13H21N3O2S. The topological polar surface area (TPSA) is 79.5 Å². The van der Waals surface area contributed by atoms with Gasteiger partial charge in [0.2, 0.25) is 0 Å². The minimum atomic E-state index is -1.03. The van der Waals surface area contributed by atoms with E-state index in [2.05, 4.69) is 16.8 Å². The number of anilines is 1. The number of thiazole rings is 1. The third-order valence-corrected chi connectivity index (χ3v) is 4.58. The molecule has 0 amide bonds. The van der Waals surface area contributed by atoms with Crippen LogP contribution in [0.3, 0.4) is 0 Å². The summed E-state index contributed by atoms with van der Waals surface area (Å²) in [4.78, 5) is 17.6. The number of nitrogens with two attached hydrogens (primary N) is 1. The zero-order chi connectivity index (χ0) is 13.8. The summed E-state index contributed by atoms with van der Waals surface area (Å²) in [6.45, 7) is 3.20. The Morgan fingerprint density at radius 1 is 1.63 bits per heavy atom. The van der Waals surface area contributed by atoms with Gasteiger partial charge in [-0.25, -0.2) is 4.98 Å².